The van der Waals surface area contributed by atoms with Gasteiger partial charge in [0.25, 0.3) is 0 Å². The number of alkyl carbamates (subject to hydrolysis) is 2. The summed E-state index contributed by atoms with van der Waals surface area (Å²) in [4.78, 5) is 68.1. The van der Waals surface area contributed by atoms with E-state index < -0.39 is 24.3 Å². The SMILES string of the molecule is COC(=O)N[C@H](C(=O)N1C[C@H](C)C[C@H]1C1=NC=C(c2ccc(-c3ccc(-c4cnc([C@@H]5C[C@@H](C)CN5C(=O)[C@@H](NC(=O)OC)C(C)C)[nH]4)cc3)cc2)C1)C(C)C. The Morgan fingerprint density at radius 1 is 0.714 bits per heavy atom. The maximum absolute atomic E-state index is 13.7. The summed E-state index contributed by atoms with van der Waals surface area (Å²) in [6, 6.07) is 15.1. The average molecular weight is 766 g/mol. The minimum Gasteiger partial charge on any atom is -0.453 e. The molecule has 0 radical (unpaired) electrons. The maximum atomic E-state index is 13.7. The van der Waals surface area contributed by atoms with Gasteiger partial charge in [0, 0.05) is 31.4 Å². The van der Waals surface area contributed by atoms with Crippen molar-refractivity contribution in [2.75, 3.05) is 27.3 Å². The van der Waals surface area contributed by atoms with Gasteiger partial charge in [0.15, 0.2) is 0 Å². The summed E-state index contributed by atoms with van der Waals surface area (Å²) in [7, 11) is 2.59. The number of methoxy groups -OCH3 is 2. The number of hydrogen-bond donors (Lipinski definition) is 3. The van der Waals surface area contributed by atoms with Crippen molar-refractivity contribution in [2.24, 2.45) is 28.7 Å². The van der Waals surface area contributed by atoms with Crippen molar-refractivity contribution < 1.29 is 28.7 Å². The fourth-order valence-corrected chi connectivity index (χ4v) is 8.11. The first kappa shape index (κ1) is 40.2. The lowest BCUT2D eigenvalue weighted by molar-refractivity contribution is -0.136. The van der Waals surface area contributed by atoms with Crippen molar-refractivity contribution >= 4 is 35.3 Å². The smallest absolute Gasteiger partial charge is 0.407 e. The third-order valence-electron chi connectivity index (χ3n) is 11.2. The molecule has 4 amide bonds. The second-order valence-corrected chi connectivity index (χ2v) is 16.2. The maximum Gasteiger partial charge on any atom is 0.407 e. The lowest BCUT2D eigenvalue weighted by Gasteiger charge is -2.31. The quantitative estimate of drug-likeness (QED) is 0.193. The van der Waals surface area contributed by atoms with Gasteiger partial charge in [-0.15, -0.1) is 0 Å². The van der Waals surface area contributed by atoms with Crippen LogP contribution in [-0.2, 0) is 19.1 Å². The molecule has 6 atom stereocenters. The molecule has 3 N–H and O–H groups in total. The molecule has 0 aliphatic carbocycles. The number of aromatic nitrogens is 2. The van der Waals surface area contributed by atoms with Gasteiger partial charge in [-0.3, -0.25) is 14.6 Å². The van der Waals surface area contributed by atoms with E-state index in [1.807, 2.05) is 49.9 Å². The van der Waals surface area contributed by atoms with E-state index in [1.165, 1.54) is 14.2 Å². The third-order valence-corrected chi connectivity index (χ3v) is 11.2. The Bertz CT molecular complexity index is 1970. The highest BCUT2D eigenvalue weighted by Gasteiger charge is 2.42. The van der Waals surface area contributed by atoms with Crippen LogP contribution in [-0.4, -0.2) is 94.9 Å². The molecule has 2 aromatic carbocycles. The van der Waals surface area contributed by atoms with Crippen molar-refractivity contribution in [1.82, 2.24) is 30.4 Å². The molecule has 2 saturated heterocycles. The summed E-state index contributed by atoms with van der Waals surface area (Å²) in [5, 5.41) is 5.44. The summed E-state index contributed by atoms with van der Waals surface area (Å²) in [5.74, 6) is 0.880. The Labute approximate surface area is 329 Å². The molecule has 3 aliphatic rings. The van der Waals surface area contributed by atoms with Crippen LogP contribution in [0.3, 0.4) is 0 Å². The van der Waals surface area contributed by atoms with Crippen LogP contribution in [0.1, 0.15) is 78.2 Å². The Hall–Kier alpha value is -5.46. The number of carbonyl (C=O) groups is 4. The zero-order valence-electron chi connectivity index (χ0n) is 33.7. The molecule has 0 spiro atoms. The number of amides is 4. The molecule has 6 rings (SSSR count). The minimum atomic E-state index is -0.696. The number of nitrogens with one attached hydrogen (secondary N) is 3. The number of likely N-dealkylation sites (tertiary alicyclic amines) is 2. The molecule has 298 valence electrons. The summed E-state index contributed by atoms with van der Waals surface area (Å²) >= 11 is 0. The van der Waals surface area contributed by atoms with Gasteiger partial charge in [0.1, 0.15) is 17.9 Å². The Balaban J connectivity index is 1.09. The van der Waals surface area contributed by atoms with Crippen molar-refractivity contribution in [3.8, 4) is 22.4 Å². The topological polar surface area (TPSA) is 158 Å². The number of aromatic amines is 1. The zero-order valence-corrected chi connectivity index (χ0v) is 33.7. The zero-order chi connectivity index (χ0) is 40.3. The molecule has 13 nitrogen and oxygen atoms in total. The molecule has 0 bridgehead atoms. The van der Waals surface area contributed by atoms with Crippen LogP contribution in [0, 0.1) is 23.7 Å². The number of nitrogens with zero attached hydrogens (tertiary/aromatic N) is 4. The van der Waals surface area contributed by atoms with Crippen LogP contribution in [0.15, 0.2) is 65.9 Å². The van der Waals surface area contributed by atoms with Crippen molar-refractivity contribution in [3.63, 3.8) is 0 Å². The summed E-state index contributed by atoms with van der Waals surface area (Å²) in [6.45, 7) is 13.1. The molecule has 3 aliphatic heterocycles. The van der Waals surface area contributed by atoms with E-state index in [2.05, 4.69) is 78.0 Å². The van der Waals surface area contributed by atoms with Crippen LogP contribution in [0.25, 0.3) is 28.0 Å². The van der Waals surface area contributed by atoms with Gasteiger partial charge in [-0.2, -0.15) is 0 Å². The first-order valence-corrected chi connectivity index (χ1v) is 19.6. The number of aliphatic imine (C=N–C) groups is 1. The fourth-order valence-electron chi connectivity index (χ4n) is 8.11. The first-order valence-electron chi connectivity index (χ1n) is 19.6. The predicted molar refractivity (Wildman–Crippen MR) is 215 cm³/mol. The second kappa shape index (κ2) is 17.1. The highest BCUT2D eigenvalue weighted by atomic mass is 16.5. The molecule has 4 heterocycles. The number of benzene rings is 2. The molecule has 13 heteroatoms. The van der Waals surface area contributed by atoms with Crippen molar-refractivity contribution in [2.45, 2.75) is 85.0 Å². The second-order valence-electron chi connectivity index (χ2n) is 16.2. The lowest BCUT2D eigenvalue weighted by Crippen LogP contribution is -2.53. The van der Waals surface area contributed by atoms with Crippen LogP contribution >= 0.6 is 0 Å². The van der Waals surface area contributed by atoms with Gasteiger partial charge >= 0.3 is 12.2 Å². The first-order chi connectivity index (χ1) is 26.8. The van der Waals surface area contributed by atoms with E-state index in [-0.39, 0.29) is 41.7 Å². The monoisotopic (exact) mass is 765 g/mol. The summed E-state index contributed by atoms with van der Waals surface area (Å²) in [5.41, 5.74) is 7.16. The van der Waals surface area contributed by atoms with E-state index in [0.717, 1.165) is 57.9 Å². The molecular weight excluding hydrogens is 711 g/mol. The molecular formula is C43H55N7O6. The number of hydrogen-bond acceptors (Lipinski definition) is 8. The van der Waals surface area contributed by atoms with E-state index >= 15 is 0 Å². The molecule has 0 saturated carbocycles. The molecule has 1 aromatic heterocycles. The number of allylic oxidation sites excluding steroid dienone is 1. The Kier molecular flexibility index (Phi) is 12.3. The van der Waals surface area contributed by atoms with Crippen LogP contribution in [0.2, 0.25) is 0 Å². The van der Waals surface area contributed by atoms with Crippen molar-refractivity contribution in [3.05, 3.63) is 72.3 Å². The number of carbonyl (C=O) groups excluding carboxylic acids is 4. The fraction of sp³-hybridized carbons (Fsp3) is 0.488. The van der Waals surface area contributed by atoms with Crippen molar-refractivity contribution in [1.29, 1.82) is 0 Å². The molecule has 56 heavy (non-hydrogen) atoms. The van der Waals surface area contributed by atoms with Gasteiger partial charge < -0.3 is 34.9 Å². The minimum absolute atomic E-state index is 0.0936. The summed E-state index contributed by atoms with van der Waals surface area (Å²) in [6.07, 6.45) is 4.75. The number of imidazole rings is 1. The summed E-state index contributed by atoms with van der Waals surface area (Å²) < 4.78 is 9.56. The largest absolute Gasteiger partial charge is 0.453 e. The van der Waals surface area contributed by atoms with Gasteiger partial charge in [0.2, 0.25) is 11.8 Å². The van der Waals surface area contributed by atoms with Crippen LogP contribution < -0.4 is 10.6 Å². The van der Waals surface area contributed by atoms with E-state index in [9.17, 15) is 19.2 Å². The highest BCUT2D eigenvalue weighted by molar-refractivity contribution is 6.04. The molecule has 2 fully saturated rings. The van der Waals surface area contributed by atoms with E-state index in [4.69, 9.17) is 19.5 Å². The molecule has 3 aromatic rings. The Morgan fingerprint density at radius 2 is 1.18 bits per heavy atom. The van der Waals surface area contributed by atoms with Gasteiger partial charge in [-0.05, 0) is 64.3 Å². The standard InChI is InChI=1S/C43H55N7O6/c1-24(2)37(47-42(53)55-7)40(51)49-22-26(5)17-35(49)33-19-32(20-44-33)30-11-9-28(10-12-30)29-13-15-31(16-14-29)34-21-45-39(46-34)36-18-27(6)23-50(36)41(52)38(25(3)4)48-43(54)56-8/h9-16,20-21,24-27,35-38H,17-19,22-23H2,1-8H3,(H,45,46)(H,47,53)(H,48,54)/t26-,27-,35+,36+,37+,38+/m1/s1. The van der Waals surface area contributed by atoms with E-state index in [1.54, 1.807) is 0 Å². The highest BCUT2D eigenvalue weighted by Crippen LogP contribution is 2.37. The number of rotatable bonds is 11. The number of H-pyrrole nitrogens is 1. The normalized spacial score (nSPS) is 21.8. The average Bonchev–Trinajstić information content (AvgIpc) is 4.02. The molecule has 0 unspecified atom stereocenters. The number of ether oxygens (including phenoxy) is 2. The van der Waals surface area contributed by atoms with Gasteiger partial charge in [-0.25, -0.2) is 14.6 Å². The predicted octanol–water partition coefficient (Wildman–Crippen LogP) is 6.84. The third kappa shape index (κ3) is 8.66. The lowest BCUT2D eigenvalue weighted by atomic mass is 9.95. The van der Waals surface area contributed by atoms with E-state index in [0.29, 0.717) is 25.4 Å². The van der Waals surface area contributed by atoms with Crippen LogP contribution in [0.5, 0.6) is 0 Å². The van der Waals surface area contributed by atoms with Gasteiger partial charge in [0.05, 0.1) is 38.2 Å². The Morgan fingerprint density at radius 3 is 1.68 bits per heavy atom. The van der Waals surface area contributed by atoms with Crippen LogP contribution in [0.4, 0.5) is 9.59 Å². The van der Waals surface area contributed by atoms with Gasteiger partial charge in [-0.1, -0.05) is 90.1 Å².